The van der Waals surface area contributed by atoms with E-state index in [4.69, 9.17) is 16.6 Å². The van der Waals surface area contributed by atoms with Crippen molar-refractivity contribution in [3.63, 3.8) is 0 Å². The first-order valence-corrected chi connectivity index (χ1v) is 12.0. The molecule has 0 radical (unpaired) electrons. The first-order valence-electron chi connectivity index (χ1n) is 9.77. The number of thiazole rings is 1. The van der Waals surface area contributed by atoms with E-state index in [0.29, 0.717) is 16.4 Å². The molecule has 5 rings (SSSR count). The Morgan fingerprint density at radius 3 is 2.77 bits per heavy atom. The number of nitrogens with one attached hydrogen (secondary N) is 1. The van der Waals surface area contributed by atoms with Crippen molar-refractivity contribution < 1.29 is 4.79 Å². The third-order valence-corrected chi connectivity index (χ3v) is 7.50. The SMILES string of the molecule is O=C(CSc1ncnc2nc(N3CCc4ccccc4C3)sc12)Nc1ccc(Cl)cc1. The van der Waals surface area contributed by atoms with Crippen molar-refractivity contribution in [2.75, 3.05) is 22.5 Å². The second-order valence-electron chi connectivity index (χ2n) is 7.11. The van der Waals surface area contributed by atoms with Gasteiger partial charge in [0, 0.05) is 23.8 Å². The number of hydrogen-bond donors (Lipinski definition) is 1. The van der Waals surface area contributed by atoms with Gasteiger partial charge in [0.1, 0.15) is 16.1 Å². The summed E-state index contributed by atoms with van der Waals surface area (Å²) in [5.74, 6) is 0.149. The Kier molecular flexibility index (Phi) is 5.76. The van der Waals surface area contributed by atoms with E-state index in [9.17, 15) is 4.79 Å². The number of rotatable bonds is 5. The Bertz CT molecular complexity index is 1240. The van der Waals surface area contributed by atoms with Gasteiger partial charge in [-0.15, -0.1) is 0 Å². The maximum atomic E-state index is 12.3. The highest BCUT2D eigenvalue weighted by Crippen LogP contribution is 2.35. The van der Waals surface area contributed by atoms with E-state index < -0.39 is 0 Å². The maximum absolute atomic E-state index is 12.3. The van der Waals surface area contributed by atoms with Crippen molar-refractivity contribution in [2.24, 2.45) is 0 Å². The van der Waals surface area contributed by atoms with Gasteiger partial charge in [0.15, 0.2) is 10.8 Å². The molecular weight excluding hydrogens is 450 g/mol. The summed E-state index contributed by atoms with van der Waals surface area (Å²) in [4.78, 5) is 28.1. The Balaban J connectivity index is 1.30. The Hall–Kier alpha value is -2.68. The van der Waals surface area contributed by atoms with Crippen LogP contribution in [-0.2, 0) is 17.8 Å². The topological polar surface area (TPSA) is 71.0 Å². The molecule has 0 saturated heterocycles. The number of hydrogen-bond acceptors (Lipinski definition) is 7. The monoisotopic (exact) mass is 467 g/mol. The lowest BCUT2D eigenvalue weighted by atomic mass is 10.0. The number of fused-ring (bicyclic) bond motifs is 2. The lowest BCUT2D eigenvalue weighted by Crippen LogP contribution is -2.30. The fourth-order valence-corrected chi connectivity index (χ4v) is 5.52. The average Bonchev–Trinajstić information content (AvgIpc) is 3.24. The van der Waals surface area contributed by atoms with Crippen molar-refractivity contribution in [1.82, 2.24) is 15.0 Å². The molecule has 0 spiro atoms. The second kappa shape index (κ2) is 8.82. The molecule has 3 heterocycles. The van der Waals surface area contributed by atoms with Crippen molar-refractivity contribution in [3.05, 3.63) is 71.0 Å². The van der Waals surface area contributed by atoms with Crippen LogP contribution < -0.4 is 10.2 Å². The van der Waals surface area contributed by atoms with Crippen LogP contribution in [0.25, 0.3) is 10.3 Å². The van der Waals surface area contributed by atoms with Crippen LogP contribution >= 0.6 is 34.7 Å². The molecule has 1 aliphatic heterocycles. The lowest BCUT2D eigenvalue weighted by molar-refractivity contribution is -0.113. The summed E-state index contributed by atoms with van der Waals surface area (Å²) in [6, 6.07) is 15.6. The molecule has 31 heavy (non-hydrogen) atoms. The minimum Gasteiger partial charge on any atom is -0.343 e. The van der Waals surface area contributed by atoms with Gasteiger partial charge in [-0.2, -0.15) is 4.98 Å². The third-order valence-electron chi connectivity index (χ3n) is 5.02. The molecule has 6 nitrogen and oxygen atoms in total. The zero-order valence-electron chi connectivity index (χ0n) is 16.4. The van der Waals surface area contributed by atoms with Gasteiger partial charge in [0.05, 0.1) is 5.75 Å². The first kappa shape index (κ1) is 20.2. The summed E-state index contributed by atoms with van der Waals surface area (Å²) in [6.07, 6.45) is 2.51. The molecule has 1 aliphatic rings. The molecule has 0 bridgehead atoms. The molecule has 156 valence electrons. The molecule has 0 fully saturated rings. The highest BCUT2D eigenvalue weighted by Gasteiger charge is 2.21. The lowest BCUT2D eigenvalue weighted by Gasteiger charge is -2.28. The molecule has 1 N–H and O–H groups in total. The molecule has 0 aliphatic carbocycles. The zero-order chi connectivity index (χ0) is 21.2. The van der Waals surface area contributed by atoms with Gasteiger partial charge < -0.3 is 10.2 Å². The predicted octanol–water partition coefficient (Wildman–Crippen LogP) is 5.03. The quantitative estimate of drug-likeness (QED) is 0.328. The number of nitrogens with zero attached hydrogens (tertiary/aromatic N) is 4. The first-order chi connectivity index (χ1) is 15.2. The average molecular weight is 468 g/mol. The van der Waals surface area contributed by atoms with E-state index in [1.807, 2.05) is 0 Å². The van der Waals surface area contributed by atoms with Crippen LogP contribution in [0, 0.1) is 0 Å². The molecule has 9 heteroatoms. The molecule has 2 aromatic heterocycles. The van der Waals surface area contributed by atoms with Crippen molar-refractivity contribution in [2.45, 2.75) is 18.0 Å². The highest BCUT2D eigenvalue weighted by molar-refractivity contribution is 8.00. The van der Waals surface area contributed by atoms with Gasteiger partial charge in [0.2, 0.25) is 5.91 Å². The number of anilines is 2. The predicted molar refractivity (Wildman–Crippen MR) is 127 cm³/mol. The summed E-state index contributed by atoms with van der Waals surface area (Å²) < 4.78 is 0.917. The zero-order valence-corrected chi connectivity index (χ0v) is 18.8. The fraction of sp³-hybridized carbons (Fsp3) is 0.182. The minimum atomic E-state index is -0.100. The maximum Gasteiger partial charge on any atom is 0.234 e. The van der Waals surface area contributed by atoms with Crippen molar-refractivity contribution in [3.8, 4) is 0 Å². The van der Waals surface area contributed by atoms with Crippen LogP contribution in [0.4, 0.5) is 10.8 Å². The van der Waals surface area contributed by atoms with E-state index >= 15 is 0 Å². The standard InChI is InChI=1S/C22H18ClN5OS2/c23-16-5-7-17(8-6-16)26-18(29)12-30-21-19-20(24-13-25-21)27-22(31-19)28-10-9-14-3-1-2-4-15(14)11-28/h1-8,13H,9-12H2,(H,26,29). The molecule has 0 unspecified atom stereocenters. The summed E-state index contributed by atoms with van der Waals surface area (Å²) >= 11 is 8.87. The van der Waals surface area contributed by atoms with E-state index in [1.54, 1.807) is 35.6 Å². The van der Waals surface area contributed by atoms with Crippen LogP contribution in [0.1, 0.15) is 11.1 Å². The third kappa shape index (κ3) is 4.51. The summed E-state index contributed by atoms with van der Waals surface area (Å²) in [6.45, 7) is 1.77. The van der Waals surface area contributed by atoms with Gasteiger partial charge in [-0.3, -0.25) is 4.79 Å². The van der Waals surface area contributed by atoms with Gasteiger partial charge in [0.25, 0.3) is 0 Å². The molecule has 0 atom stereocenters. The second-order valence-corrected chi connectivity index (χ2v) is 9.49. The van der Waals surface area contributed by atoms with Gasteiger partial charge in [-0.05, 0) is 41.8 Å². The molecular formula is C22H18ClN5OS2. The van der Waals surface area contributed by atoms with Crippen LogP contribution in [0.3, 0.4) is 0 Å². The number of halogens is 1. The van der Waals surface area contributed by atoms with E-state index in [-0.39, 0.29) is 11.7 Å². The minimum absolute atomic E-state index is 0.100. The van der Waals surface area contributed by atoms with E-state index in [0.717, 1.165) is 34.4 Å². The van der Waals surface area contributed by atoms with Crippen LogP contribution in [0.5, 0.6) is 0 Å². The Morgan fingerprint density at radius 2 is 1.94 bits per heavy atom. The Morgan fingerprint density at radius 1 is 1.13 bits per heavy atom. The molecule has 2 aromatic carbocycles. The van der Waals surface area contributed by atoms with Gasteiger partial charge >= 0.3 is 0 Å². The van der Waals surface area contributed by atoms with Crippen molar-refractivity contribution >= 4 is 61.8 Å². The summed E-state index contributed by atoms with van der Waals surface area (Å²) in [5.41, 5.74) is 4.14. The number of amides is 1. The van der Waals surface area contributed by atoms with E-state index in [2.05, 4.69) is 44.5 Å². The van der Waals surface area contributed by atoms with Crippen LogP contribution in [0.2, 0.25) is 5.02 Å². The molecule has 1 amide bonds. The highest BCUT2D eigenvalue weighted by atomic mass is 35.5. The Labute approximate surface area is 192 Å². The van der Waals surface area contributed by atoms with E-state index in [1.165, 1.54) is 29.2 Å². The van der Waals surface area contributed by atoms with Gasteiger partial charge in [-0.25, -0.2) is 9.97 Å². The summed E-state index contributed by atoms with van der Waals surface area (Å²) in [7, 11) is 0. The number of benzene rings is 2. The smallest absolute Gasteiger partial charge is 0.234 e. The van der Waals surface area contributed by atoms with Crippen LogP contribution in [0.15, 0.2) is 59.9 Å². The fourth-order valence-electron chi connectivity index (χ4n) is 3.48. The number of aromatic nitrogens is 3. The molecule has 4 aromatic rings. The number of carbonyl (C=O) groups excluding carboxylic acids is 1. The largest absolute Gasteiger partial charge is 0.343 e. The number of carbonyl (C=O) groups is 1. The summed E-state index contributed by atoms with van der Waals surface area (Å²) in [5, 5.41) is 5.22. The normalized spacial score (nSPS) is 13.3. The van der Waals surface area contributed by atoms with Crippen LogP contribution in [-0.4, -0.2) is 33.2 Å². The number of thioether (sulfide) groups is 1. The molecule has 0 saturated carbocycles. The van der Waals surface area contributed by atoms with Gasteiger partial charge in [-0.1, -0.05) is 59.0 Å². The van der Waals surface area contributed by atoms with Crippen molar-refractivity contribution in [1.29, 1.82) is 0 Å².